The number of aromatic nitrogens is 1. The van der Waals surface area contributed by atoms with Crippen molar-refractivity contribution in [1.29, 1.82) is 0 Å². The van der Waals surface area contributed by atoms with Gasteiger partial charge in [-0.3, -0.25) is 4.79 Å². The first-order valence-corrected chi connectivity index (χ1v) is 7.47. The van der Waals surface area contributed by atoms with Crippen molar-refractivity contribution in [2.75, 3.05) is 11.5 Å². The minimum absolute atomic E-state index is 0.0105. The number of H-pyrrole nitrogens is 1. The van der Waals surface area contributed by atoms with Crippen LogP contribution in [0.15, 0.2) is 18.3 Å². The average Bonchev–Trinajstić information content (AvgIpc) is 2.85. The molecule has 1 atom stereocenters. The van der Waals surface area contributed by atoms with E-state index in [9.17, 15) is 13.2 Å². The number of carbonyl (C=O) groups excluding carboxylic acids is 1. The predicted octanol–water partition coefficient (Wildman–Crippen LogP) is 0.456. The first kappa shape index (κ1) is 12.2. The summed E-state index contributed by atoms with van der Waals surface area (Å²) in [6.45, 7) is 0.464. The molecule has 2 N–H and O–H groups in total. The zero-order valence-electron chi connectivity index (χ0n) is 9.48. The zero-order valence-corrected chi connectivity index (χ0v) is 10.3. The summed E-state index contributed by atoms with van der Waals surface area (Å²) in [6, 6.07) is 3.76. The van der Waals surface area contributed by atoms with Crippen LogP contribution in [-0.4, -0.2) is 30.8 Å². The topological polar surface area (TPSA) is 79.0 Å². The van der Waals surface area contributed by atoms with Gasteiger partial charge in [0.2, 0.25) is 5.91 Å². The van der Waals surface area contributed by atoms with E-state index < -0.39 is 9.84 Å². The van der Waals surface area contributed by atoms with Gasteiger partial charge in [-0.25, -0.2) is 8.42 Å². The molecule has 1 aliphatic heterocycles. The normalized spacial score (nSPS) is 22.5. The fourth-order valence-corrected chi connectivity index (χ4v) is 3.90. The van der Waals surface area contributed by atoms with Crippen molar-refractivity contribution >= 4 is 15.7 Å². The molecule has 17 heavy (non-hydrogen) atoms. The van der Waals surface area contributed by atoms with E-state index >= 15 is 0 Å². The molecule has 5 nitrogen and oxygen atoms in total. The van der Waals surface area contributed by atoms with E-state index in [1.165, 1.54) is 0 Å². The molecule has 2 heterocycles. The summed E-state index contributed by atoms with van der Waals surface area (Å²) < 4.78 is 22.5. The van der Waals surface area contributed by atoms with Crippen molar-refractivity contribution in [3.05, 3.63) is 24.0 Å². The largest absolute Gasteiger partial charge is 0.364 e. The number of hydrogen-bond donors (Lipinski definition) is 2. The highest BCUT2D eigenvalue weighted by molar-refractivity contribution is 7.91. The van der Waals surface area contributed by atoms with Gasteiger partial charge < -0.3 is 10.3 Å². The molecule has 1 aliphatic rings. The van der Waals surface area contributed by atoms with E-state index in [0.717, 1.165) is 5.69 Å². The Labute approximate surface area is 101 Å². The molecule has 1 amide bonds. The third-order valence-corrected chi connectivity index (χ3v) is 4.78. The van der Waals surface area contributed by atoms with Crippen LogP contribution in [0.25, 0.3) is 0 Å². The Morgan fingerprint density at radius 1 is 1.53 bits per heavy atom. The molecule has 0 bridgehead atoms. The second-order valence-corrected chi connectivity index (χ2v) is 6.67. The summed E-state index contributed by atoms with van der Waals surface area (Å²) in [5, 5.41) is 2.77. The van der Waals surface area contributed by atoms with Gasteiger partial charge >= 0.3 is 0 Å². The SMILES string of the molecule is O=C(CC1CCS(=O)(=O)C1)NCc1ccc[nH]1. The van der Waals surface area contributed by atoms with Crippen molar-refractivity contribution in [1.82, 2.24) is 10.3 Å². The monoisotopic (exact) mass is 256 g/mol. The minimum Gasteiger partial charge on any atom is -0.364 e. The smallest absolute Gasteiger partial charge is 0.220 e. The molecule has 0 aromatic carbocycles. The Hall–Kier alpha value is -1.30. The molecule has 1 aromatic rings. The van der Waals surface area contributed by atoms with Gasteiger partial charge in [-0.1, -0.05) is 0 Å². The van der Waals surface area contributed by atoms with E-state index in [1.54, 1.807) is 6.20 Å². The number of carbonyl (C=O) groups is 1. The van der Waals surface area contributed by atoms with Gasteiger partial charge in [-0.15, -0.1) is 0 Å². The zero-order chi connectivity index (χ0) is 12.3. The molecule has 1 saturated heterocycles. The third kappa shape index (κ3) is 3.59. The second kappa shape index (κ2) is 4.91. The molecule has 0 aliphatic carbocycles. The van der Waals surface area contributed by atoms with Crippen LogP contribution in [0.2, 0.25) is 0 Å². The van der Waals surface area contributed by atoms with Crippen molar-refractivity contribution in [3.63, 3.8) is 0 Å². The van der Waals surface area contributed by atoms with E-state index in [4.69, 9.17) is 0 Å². The Bertz CT molecular complexity index is 479. The first-order chi connectivity index (χ1) is 8.05. The minimum atomic E-state index is -2.89. The fourth-order valence-electron chi connectivity index (χ4n) is 2.04. The lowest BCUT2D eigenvalue weighted by Gasteiger charge is -2.07. The molecular weight excluding hydrogens is 240 g/mol. The lowest BCUT2D eigenvalue weighted by atomic mass is 10.1. The van der Waals surface area contributed by atoms with E-state index in [1.807, 2.05) is 12.1 Å². The Kier molecular flexibility index (Phi) is 3.51. The molecule has 0 saturated carbocycles. The molecule has 0 spiro atoms. The molecular formula is C11H16N2O3S. The number of rotatable bonds is 4. The number of nitrogens with one attached hydrogen (secondary N) is 2. The van der Waals surface area contributed by atoms with Crippen molar-refractivity contribution in [2.24, 2.45) is 5.92 Å². The van der Waals surface area contributed by atoms with Gasteiger partial charge in [0, 0.05) is 18.3 Å². The molecule has 0 radical (unpaired) electrons. The summed E-state index contributed by atoms with van der Waals surface area (Å²) in [7, 11) is -2.89. The molecule has 6 heteroatoms. The van der Waals surface area contributed by atoms with Gasteiger partial charge in [0.05, 0.1) is 18.1 Å². The quantitative estimate of drug-likeness (QED) is 0.821. The maximum Gasteiger partial charge on any atom is 0.220 e. The standard InChI is InChI=1S/C11H16N2O3S/c14-11(13-7-10-2-1-4-12-10)6-9-3-5-17(15,16)8-9/h1-2,4,9,12H,3,5-8H2,(H,13,14). The second-order valence-electron chi connectivity index (χ2n) is 4.45. The van der Waals surface area contributed by atoms with Crippen LogP contribution >= 0.6 is 0 Å². The van der Waals surface area contributed by atoms with Crippen molar-refractivity contribution in [3.8, 4) is 0 Å². The summed E-state index contributed by atoms with van der Waals surface area (Å²) in [4.78, 5) is 14.6. The average molecular weight is 256 g/mol. The number of amides is 1. The lowest BCUT2D eigenvalue weighted by molar-refractivity contribution is -0.122. The highest BCUT2D eigenvalue weighted by atomic mass is 32.2. The van der Waals surface area contributed by atoms with Gasteiger partial charge in [0.1, 0.15) is 0 Å². The number of aromatic amines is 1. The maximum atomic E-state index is 11.6. The summed E-state index contributed by atoms with van der Waals surface area (Å²) in [5.41, 5.74) is 0.942. The van der Waals surface area contributed by atoms with Crippen LogP contribution in [0, 0.1) is 5.92 Å². The van der Waals surface area contributed by atoms with Crippen molar-refractivity contribution in [2.45, 2.75) is 19.4 Å². The highest BCUT2D eigenvalue weighted by Gasteiger charge is 2.29. The summed E-state index contributed by atoms with van der Waals surface area (Å²) >= 11 is 0. The van der Waals surface area contributed by atoms with Crippen LogP contribution < -0.4 is 5.32 Å². The summed E-state index contributed by atoms with van der Waals surface area (Å²) in [5.74, 6) is 0.287. The highest BCUT2D eigenvalue weighted by Crippen LogP contribution is 2.21. The third-order valence-electron chi connectivity index (χ3n) is 2.94. The maximum absolute atomic E-state index is 11.6. The summed E-state index contributed by atoms with van der Waals surface area (Å²) in [6.07, 6.45) is 2.71. The molecule has 1 aromatic heterocycles. The molecule has 1 fully saturated rings. The van der Waals surface area contributed by atoms with E-state index in [2.05, 4.69) is 10.3 Å². The van der Waals surface area contributed by atoms with Crippen LogP contribution in [0.1, 0.15) is 18.5 Å². The van der Waals surface area contributed by atoms with Gasteiger partial charge in [0.15, 0.2) is 9.84 Å². The molecule has 2 rings (SSSR count). The number of sulfone groups is 1. The van der Waals surface area contributed by atoms with E-state index in [-0.39, 0.29) is 23.3 Å². The Morgan fingerprint density at radius 3 is 2.94 bits per heavy atom. The van der Waals surface area contributed by atoms with Crippen LogP contribution in [0.4, 0.5) is 0 Å². The Balaban J connectivity index is 1.75. The van der Waals surface area contributed by atoms with Gasteiger partial charge in [0.25, 0.3) is 0 Å². The first-order valence-electron chi connectivity index (χ1n) is 5.64. The van der Waals surface area contributed by atoms with E-state index in [0.29, 0.717) is 19.4 Å². The van der Waals surface area contributed by atoms with Gasteiger partial charge in [-0.2, -0.15) is 0 Å². The number of hydrogen-bond acceptors (Lipinski definition) is 3. The fraction of sp³-hybridized carbons (Fsp3) is 0.545. The molecule has 1 unspecified atom stereocenters. The van der Waals surface area contributed by atoms with Crippen LogP contribution in [0.5, 0.6) is 0 Å². The Morgan fingerprint density at radius 2 is 2.35 bits per heavy atom. The lowest BCUT2D eigenvalue weighted by Crippen LogP contribution is -2.25. The van der Waals surface area contributed by atoms with Crippen LogP contribution in [0.3, 0.4) is 0 Å². The van der Waals surface area contributed by atoms with Gasteiger partial charge in [-0.05, 0) is 24.5 Å². The van der Waals surface area contributed by atoms with Crippen LogP contribution in [-0.2, 0) is 21.2 Å². The molecule has 94 valence electrons. The predicted molar refractivity (Wildman–Crippen MR) is 64.0 cm³/mol. The van der Waals surface area contributed by atoms with Crippen molar-refractivity contribution < 1.29 is 13.2 Å².